The number of thioether (sulfide) groups is 1. The third-order valence-corrected chi connectivity index (χ3v) is 8.00. The highest BCUT2D eigenvalue weighted by Gasteiger charge is 2.32. The number of benzene rings is 3. The third kappa shape index (κ3) is 7.42. The van der Waals surface area contributed by atoms with Crippen LogP contribution in [0.3, 0.4) is 0 Å². The van der Waals surface area contributed by atoms with Gasteiger partial charge in [-0.15, -0.1) is 5.10 Å². The van der Waals surface area contributed by atoms with Gasteiger partial charge < -0.3 is 24.6 Å². The molecule has 4 aromatic rings. The maximum absolute atomic E-state index is 11.9. The van der Waals surface area contributed by atoms with E-state index in [-0.39, 0.29) is 25.4 Å². The molecule has 10 nitrogen and oxygen atoms in total. The molecular formula is C31H33N5O5S. The number of alkyl carbamates (subject to hydrolysis) is 1. The van der Waals surface area contributed by atoms with Crippen molar-refractivity contribution in [3.05, 3.63) is 108 Å². The molecule has 2 N–H and O–H groups in total. The number of tetrazole rings is 1. The van der Waals surface area contributed by atoms with Crippen LogP contribution in [0.2, 0.25) is 0 Å². The minimum absolute atomic E-state index is 0.00647. The molecule has 1 saturated heterocycles. The van der Waals surface area contributed by atoms with Gasteiger partial charge in [0.15, 0.2) is 6.29 Å². The second kappa shape index (κ2) is 14.2. The SMILES string of the molecule is C=CCOC(=O)NCc1ccccc1-c1ccc(C2OC(CSc3nnnn3C)CC(c3ccc(CO)cc3)O2)cc1. The first-order chi connectivity index (χ1) is 20.5. The third-order valence-electron chi connectivity index (χ3n) is 6.86. The molecule has 0 bridgehead atoms. The number of carbonyl (C=O) groups excluding carboxylic acids is 1. The van der Waals surface area contributed by atoms with Crippen molar-refractivity contribution in [2.75, 3.05) is 12.4 Å². The lowest BCUT2D eigenvalue weighted by atomic mass is 9.98. The van der Waals surface area contributed by atoms with E-state index in [1.807, 2.05) is 79.8 Å². The summed E-state index contributed by atoms with van der Waals surface area (Å²) < 4.78 is 19.6. The van der Waals surface area contributed by atoms with Gasteiger partial charge in [0.25, 0.3) is 0 Å². The molecule has 1 aliphatic rings. The van der Waals surface area contributed by atoms with Gasteiger partial charge in [0.2, 0.25) is 5.16 Å². The number of aliphatic hydroxyl groups is 1. The van der Waals surface area contributed by atoms with Gasteiger partial charge in [0, 0.05) is 31.3 Å². The smallest absolute Gasteiger partial charge is 0.407 e. The van der Waals surface area contributed by atoms with E-state index in [2.05, 4.69) is 27.4 Å². The summed E-state index contributed by atoms with van der Waals surface area (Å²) in [7, 11) is 1.81. The van der Waals surface area contributed by atoms with Gasteiger partial charge in [0.05, 0.1) is 18.8 Å². The number of nitrogens with zero attached hydrogens (tertiary/aromatic N) is 4. The second-order valence-corrected chi connectivity index (χ2v) is 10.8. The van der Waals surface area contributed by atoms with Crippen LogP contribution in [0.25, 0.3) is 11.1 Å². The Morgan fingerprint density at radius 1 is 1.12 bits per heavy atom. The summed E-state index contributed by atoms with van der Waals surface area (Å²) in [6.07, 6.45) is 0.833. The molecule has 3 atom stereocenters. The van der Waals surface area contributed by atoms with E-state index < -0.39 is 12.4 Å². The minimum Gasteiger partial charge on any atom is -0.445 e. The maximum atomic E-state index is 11.9. The van der Waals surface area contributed by atoms with Crippen molar-refractivity contribution in [3.63, 3.8) is 0 Å². The molecule has 0 saturated carbocycles. The van der Waals surface area contributed by atoms with Gasteiger partial charge in [-0.05, 0) is 38.2 Å². The van der Waals surface area contributed by atoms with Crippen LogP contribution >= 0.6 is 11.8 Å². The molecular weight excluding hydrogens is 554 g/mol. The number of aromatic nitrogens is 4. The normalized spacial score (nSPS) is 18.4. The van der Waals surface area contributed by atoms with Crippen molar-refractivity contribution in [2.24, 2.45) is 7.05 Å². The molecule has 0 aliphatic carbocycles. The summed E-state index contributed by atoms with van der Waals surface area (Å²) in [4.78, 5) is 11.9. The van der Waals surface area contributed by atoms with Crippen LogP contribution in [-0.4, -0.2) is 49.9 Å². The highest BCUT2D eigenvalue weighted by molar-refractivity contribution is 7.99. The van der Waals surface area contributed by atoms with Crippen molar-refractivity contribution in [3.8, 4) is 11.1 Å². The Morgan fingerprint density at radius 3 is 2.60 bits per heavy atom. The number of hydrogen-bond donors (Lipinski definition) is 2. The van der Waals surface area contributed by atoms with E-state index >= 15 is 0 Å². The lowest BCUT2D eigenvalue weighted by Gasteiger charge is -2.36. The zero-order valence-electron chi connectivity index (χ0n) is 23.3. The molecule has 3 aromatic carbocycles. The first-order valence-electron chi connectivity index (χ1n) is 13.6. The molecule has 1 aliphatic heterocycles. The largest absolute Gasteiger partial charge is 0.445 e. The van der Waals surface area contributed by atoms with Gasteiger partial charge in [0.1, 0.15) is 6.61 Å². The van der Waals surface area contributed by atoms with E-state index in [0.717, 1.165) is 38.5 Å². The van der Waals surface area contributed by atoms with Crippen LogP contribution in [0.5, 0.6) is 0 Å². The van der Waals surface area contributed by atoms with E-state index in [1.54, 1.807) is 16.4 Å². The Balaban J connectivity index is 1.33. The second-order valence-electron chi connectivity index (χ2n) is 9.77. The van der Waals surface area contributed by atoms with E-state index in [1.165, 1.54) is 6.08 Å². The molecule has 11 heteroatoms. The number of amides is 1. The number of carbonyl (C=O) groups is 1. The van der Waals surface area contributed by atoms with Gasteiger partial charge in [-0.1, -0.05) is 97.2 Å². The first-order valence-corrected chi connectivity index (χ1v) is 14.6. The molecule has 0 radical (unpaired) electrons. The lowest BCUT2D eigenvalue weighted by Crippen LogP contribution is -2.31. The summed E-state index contributed by atoms with van der Waals surface area (Å²) in [5.74, 6) is 0.660. The maximum Gasteiger partial charge on any atom is 0.407 e. The number of ether oxygens (including phenoxy) is 3. The quantitative estimate of drug-likeness (QED) is 0.182. The van der Waals surface area contributed by atoms with Crippen molar-refractivity contribution < 1.29 is 24.1 Å². The fraction of sp³-hybridized carbons (Fsp3) is 0.290. The number of hydrogen-bond acceptors (Lipinski definition) is 9. The van der Waals surface area contributed by atoms with Crippen molar-refractivity contribution in [1.29, 1.82) is 0 Å². The van der Waals surface area contributed by atoms with Gasteiger partial charge in [-0.2, -0.15) is 0 Å². The van der Waals surface area contributed by atoms with E-state index in [4.69, 9.17) is 14.2 Å². The number of aliphatic hydroxyl groups excluding tert-OH is 1. The molecule has 0 spiro atoms. The Bertz CT molecular complexity index is 1480. The molecule has 1 aromatic heterocycles. The summed E-state index contributed by atoms with van der Waals surface area (Å²) in [6.45, 7) is 4.04. The summed E-state index contributed by atoms with van der Waals surface area (Å²) >= 11 is 1.54. The van der Waals surface area contributed by atoms with Crippen LogP contribution < -0.4 is 5.32 Å². The fourth-order valence-electron chi connectivity index (χ4n) is 4.66. The lowest BCUT2D eigenvalue weighted by molar-refractivity contribution is -0.245. The minimum atomic E-state index is -0.574. The number of aryl methyl sites for hydroxylation is 1. The van der Waals surface area contributed by atoms with E-state index in [9.17, 15) is 9.90 Å². The number of nitrogens with one attached hydrogen (secondary N) is 1. The predicted octanol–water partition coefficient (Wildman–Crippen LogP) is 5.12. The first kappa shape index (κ1) is 29.5. The Kier molecular flexibility index (Phi) is 9.98. The van der Waals surface area contributed by atoms with Crippen LogP contribution in [0, 0.1) is 0 Å². The molecule has 218 valence electrons. The fourth-order valence-corrected chi connectivity index (χ4v) is 5.53. The topological polar surface area (TPSA) is 121 Å². The van der Waals surface area contributed by atoms with Crippen LogP contribution in [0.4, 0.5) is 4.79 Å². The summed E-state index contributed by atoms with van der Waals surface area (Å²) in [5, 5.41) is 24.7. The molecule has 1 fully saturated rings. The van der Waals surface area contributed by atoms with Gasteiger partial charge >= 0.3 is 6.09 Å². The average Bonchev–Trinajstić information content (AvgIpc) is 3.46. The standard InChI is InChI=1S/C31H33N5O5S/c1-3-16-39-31(38)32-18-25-6-4-5-7-27(25)22-12-14-24(15-13-22)29-40-26(20-42-30-33-34-35-36(30)2)17-28(41-29)23-10-8-21(19-37)9-11-23/h3-15,26,28-29,37H,1,16-20H2,2H3,(H,32,38). The molecule has 5 rings (SSSR count). The van der Waals surface area contributed by atoms with Gasteiger partial charge in [-0.25, -0.2) is 9.48 Å². The van der Waals surface area contributed by atoms with E-state index in [0.29, 0.717) is 18.7 Å². The summed E-state index contributed by atoms with van der Waals surface area (Å²) in [5.41, 5.74) is 5.75. The van der Waals surface area contributed by atoms with Crippen molar-refractivity contribution in [1.82, 2.24) is 25.5 Å². The monoisotopic (exact) mass is 587 g/mol. The average molecular weight is 588 g/mol. The van der Waals surface area contributed by atoms with Crippen LogP contribution in [-0.2, 0) is 34.4 Å². The van der Waals surface area contributed by atoms with Gasteiger partial charge in [-0.3, -0.25) is 0 Å². The zero-order chi connectivity index (χ0) is 29.3. The molecule has 42 heavy (non-hydrogen) atoms. The molecule has 3 unspecified atom stereocenters. The van der Waals surface area contributed by atoms with Crippen LogP contribution in [0.15, 0.2) is 90.6 Å². The highest BCUT2D eigenvalue weighted by Crippen LogP contribution is 2.39. The Hall–Kier alpha value is -4.03. The molecule has 2 heterocycles. The van der Waals surface area contributed by atoms with Crippen LogP contribution in [0.1, 0.15) is 41.1 Å². The summed E-state index contributed by atoms with van der Waals surface area (Å²) in [6, 6.07) is 23.8. The van der Waals surface area contributed by atoms with Crippen molar-refractivity contribution in [2.45, 2.75) is 43.2 Å². The predicted molar refractivity (Wildman–Crippen MR) is 158 cm³/mol. The Morgan fingerprint density at radius 2 is 1.88 bits per heavy atom. The Labute approximate surface area is 248 Å². The highest BCUT2D eigenvalue weighted by atomic mass is 32.2. The van der Waals surface area contributed by atoms with Crippen molar-refractivity contribution >= 4 is 17.9 Å². The molecule has 1 amide bonds. The number of rotatable bonds is 11. The zero-order valence-corrected chi connectivity index (χ0v) is 24.1.